The summed E-state index contributed by atoms with van der Waals surface area (Å²) in [5.74, 6) is 1.85. The average Bonchev–Trinajstić information content (AvgIpc) is 1.48. The number of aliphatic hydroxyl groups is 5. The molecule has 10 aromatic rings. The van der Waals surface area contributed by atoms with Gasteiger partial charge in [0.25, 0.3) is 0 Å². The van der Waals surface area contributed by atoms with Crippen LogP contribution in [0.3, 0.4) is 0 Å². The minimum atomic E-state index is -2.64. The van der Waals surface area contributed by atoms with Gasteiger partial charge < -0.3 is 64.6 Å². The molecule has 2 fully saturated rings. The van der Waals surface area contributed by atoms with Crippen LogP contribution in [0, 0.1) is 17.0 Å². The monoisotopic (exact) mass is 1420 g/mol. The van der Waals surface area contributed by atoms with Crippen LogP contribution in [-0.4, -0.2) is 149 Å². The fraction of sp³-hybridized carbons (Fsp3) is 0.338. The molecule has 4 aromatic heterocycles. The van der Waals surface area contributed by atoms with Crippen molar-refractivity contribution in [3.05, 3.63) is 228 Å². The zero-order valence-electron chi connectivity index (χ0n) is 56.9. The summed E-state index contributed by atoms with van der Waals surface area (Å²) in [6.07, 6.45) is -2.22. The molecule has 0 saturated carbocycles. The second kappa shape index (κ2) is 30.7. The van der Waals surface area contributed by atoms with Crippen LogP contribution in [0.1, 0.15) is 86.9 Å². The lowest BCUT2D eigenvalue weighted by Gasteiger charge is -2.37. The van der Waals surface area contributed by atoms with Crippen molar-refractivity contribution < 1.29 is 81.1 Å². The Hall–Kier alpha value is -9.02. The summed E-state index contributed by atoms with van der Waals surface area (Å²) in [5, 5.41) is 61.4. The third kappa shape index (κ3) is 14.4. The van der Waals surface area contributed by atoms with Gasteiger partial charge in [0.05, 0.1) is 45.8 Å². The van der Waals surface area contributed by atoms with Crippen molar-refractivity contribution in [3.63, 3.8) is 0 Å². The second-order valence-corrected chi connectivity index (χ2v) is 27.3. The summed E-state index contributed by atoms with van der Waals surface area (Å²) in [6, 6.07) is 49.6. The molecule has 0 bridgehead atoms. The largest absolute Gasteiger partial charge is 0.697 e. The van der Waals surface area contributed by atoms with Gasteiger partial charge >= 0.3 is 8.25 Å². The molecule has 0 spiro atoms. The smallest absolute Gasteiger partial charge is 0.497 e. The molecule has 530 valence electrons. The summed E-state index contributed by atoms with van der Waals surface area (Å²) in [4.78, 5) is 30.2. The van der Waals surface area contributed by atoms with E-state index >= 15 is 8.78 Å². The van der Waals surface area contributed by atoms with E-state index in [9.17, 15) is 34.9 Å². The lowest BCUT2D eigenvalue weighted by Crippen LogP contribution is -2.44. The van der Waals surface area contributed by atoms with Gasteiger partial charge in [-0.15, -0.1) is 9.05 Å². The van der Waals surface area contributed by atoms with E-state index in [1.165, 1.54) is 35.6 Å². The van der Waals surface area contributed by atoms with E-state index in [1.807, 2.05) is 178 Å². The standard InChI is InChI=1S/C41H47FN4O9PS.C33H33FN4O6/c1-7-39(2,3)38(48)57-22-21-53-56(50)54-24-32-34(47)40(4,49)37(55-32)46-23-31(42)33-35(43-25-44-36(33)46)45-41(26-11-9-8-10-12-26,27-13-17-29(51-5)18-14-27)28-15-19-30(52-6)20-16-28;1-32(41)28(40)26(18-39)44-31(32)38-17-25(34)27-29(35-19-36-30(27)38)37-33(20-7-5-4-6-8-20,21-9-13-23(42-2)14-10-21)22-11-15-24(43-3)16-12-22/h8-20,23,25,32,34,37,47,49H,7,21-22,24H2,1-6H3,(H,43,44,45);4-17,19,26,28,31,39-41H,18H2,1-3H3,(H,35,36,37)/q+1;/t32-,34+,37-,40?;26-,28+,31-,32?/m11/s1. The molecular formula is C74H80F2N8O15PS+. The zero-order valence-corrected chi connectivity index (χ0v) is 58.6. The van der Waals surface area contributed by atoms with Gasteiger partial charge in [-0.1, -0.05) is 142 Å². The summed E-state index contributed by atoms with van der Waals surface area (Å²) < 4.78 is 91.8. The first-order chi connectivity index (χ1) is 48.5. The lowest BCUT2D eigenvalue weighted by atomic mass is 9.77. The number of carbonyl (C=O) groups is 1. The number of halogens is 2. The Balaban J connectivity index is 0.000000210. The van der Waals surface area contributed by atoms with Crippen molar-refractivity contribution in [2.24, 2.45) is 5.41 Å². The zero-order chi connectivity index (χ0) is 72.0. The number of anilines is 2. The first kappa shape index (κ1) is 73.2. The van der Waals surface area contributed by atoms with E-state index in [1.54, 1.807) is 28.4 Å². The van der Waals surface area contributed by atoms with E-state index < -0.39 is 97.7 Å². The molecule has 2 aliphatic heterocycles. The summed E-state index contributed by atoms with van der Waals surface area (Å²) in [7, 11) is 3.73. The molecule has 6 aromatic carbocycles. The van der Waals surface area contributed by atoms with Crippen LogP contribution >= 0.6 is 20.0 Å². The average molecular weight is 1420 g/mol. The van der Waals surface area contributed by atoms with E-state index in [2.05, 4.69) is 30.6 Å². The van der Waals surface area contributed by atoms with E-state index in [-0.39, 0.29) is 51.2 Å². The third-order valence-electron chi connectivity index (χ3n) is 18.7. The van der Waals surface area contributed by atoms with Crippen LogP contribution in [0.15, 0.2) is 183 Å². The van der Waals surface area contributed by atoms with Crippen molar-refractivity contribution in [3.8, 4) is 23.0 Å². The maximum atomic E-state index is 16.4. The first-order valence-corrected chi connectivity index (χ1v) is 34.5. The molecule has 12 rings (SSSR count). The molecule has 23 nitrogen and oxygen atoms in total. The number of nitrogens with zero attached hydrogens (tertiary/aromatic N) is 6. The molecule has 2 saturated heterocycles. The number of hydrogen-bond acceptors (Lipinski definition) is 22. The van der Waals surface area contributed by atoms with Crippen molar-refractivity contribution >= 4 is 58.8 Å². The number of ether oxygens (including phenoxy) is 6. The highest BCUT2D eigenvalue weighted by atomic mass is 32.2. The number of aliphatic hydroxyl groups excluding tert-OH is 3. The number of rotatable bonds is 26. The van der Waals surface area contributed by atoms with Crippen LogP contribution in [0.25, 0.3) is 22.1 Å². The summed E-state index contributed by atoms with van der Waals surface area (Å²) in [6.45, 7) is 7.43. The van der Waals surface area contributed by atoms with Gasteiger partial charge in [-0.3, -0.25) is 13.9 Å². The van der Waals surface area contributed by atoms with Crippen molar-refractivity contribution in [2.75, 3.05) is 64.6 Å². The van der Waals surface area contributed by atoms with Crippen LogP contribution in [0.4, 0.5) is 20.4 Å². The molecule has 7 N–H and O–H groups in total. The number of methoxy groups -OCH3 is 4. The van der Waals surface area contributed by atoms with Gasteiger partial charge in [0.2, 0.25) is 0 Å². The van der Waals surface area contributed by atoms with Gasteiger partial charge in [0.15, 0.2) is 40.5 Å². The maximum absolute atomic E-state index is 16.4. The van der Waals surface area contributed by atoms with E-state index in [4.69, 9.17) is 37.5 Å². The Kier molecular flexibility index (Phi) is 22.2. The van der Waals surface area contributed by atoms with Crippen molar-refractivity contribution in [2.45, 2.75) is 100 Å². The number of carbonyl (C=O) groups excluding carboxylic acids is 1. The normalized spacial score (nSPS) is 20.9. The Morgan fingerprint density at radius 2 is 0.931 bits per heavy atom. The van der Waals surface area contributed by atoms with Gasteiger partial charge in [-0.05, 0) is 102 Å². The second-order valence-electron chi connectivity index (χ2n) is 25.3. The molecule has 3 unspecified atom stereocenters. The highest BCUT2D eigenvalue weighted by Gasteiger charge is 2.56. The summed E-state index contributed by atoms with van der Waals surface area (Å²) in [5.41, 5.74) is -1.47. The Labute approximate surface area is 587 Å². The predicted octanol–water partition coefficient (Wildman–Crippen LogP) is 11.4. The molecule has 2 aliphatic rings. The molecule has 0 aliphatic carbocycles. The molecule has 9 atom stereocenters. The van der Waals surface area contributed by atoms with Crippen LogP contribution in [0.2, 0.25) is 0 Å². The lowest BCUT2D eigenvalue weighted by molar-refractivity contribution is -0.118. The fourth-order valence-corrected chi connectivity index (χ4v) is 14.3. The van der Waals surface area contributed by atoms with Gasteiger partial charge in [0, 0.05) is 28.1 Å². The molecule has 101 heavy (non-hydrogen) atoms. The third-order valence-corrected chi connectivity index (χ3v) is 20.7. The molecular weight excluding hydrogens is 1340 g/mol. The number of fused-ring (bicyclic) bond motifs is 2. The molecule has 6 heterocycles. The predicted molar refractivity (Wildman–Crippen MR) is 376 cm³/mol. The quantitative estimate of drug-likeness (QED) is 0.0151. The van der Waals surface area contributed by atoms with E-state index in [0.717, 1.165) is 57.5 Å². The minimum absolute atomic E-state index is 0.00331. The summed E-state index contributed by atoms with van der Waals surface area (Å²) >= 11 is 1.09. The van der Waals surface area contributed by atoms with Crippen LogP contribution in [-0.2, 0) is 39.0 Å². The minimum Gasteiger partial charge on any atom is -0.497 e. The Bertz CT molecular complexity index is 4390. The molecule has 0 amide bonds. The number of nitrogens with one attached hydrogen (secondary N) is 2. The Morgan fingerprint density at radius 1 is 0.574 bits per heavy atom. The van der Waals surface area contributed by atoms with Crippen molar-refractivity contribution in [1.82, 2.24) is 29.1 Å². The SMILES string of the molecule is CCC(C)(C)C(=O)SCCO[P+](=O)OC[C@H]1O[C@@H](n2cc(F)c3c(NC(c4ccccc4)(c4ccc(OC)cc4)c4ccc(OC)cc4)ncnc32)C(C)(O)[C@H]1O.COc1ccc(C(Nc2ncnc3c2c(F)cn3[C@@H]2O[C@H](CO)[C@H](O)C2(C)O)(c2ccccc2)c2ccc(OC)cc2)cc1. The van der Waals surface area contributed by atoms with Crippen LogP contribution in [0.5, 0.6) is 23.0 Å². The van der Waals surface area contributed by atoms with Gasteiger partial charge in [-0.2, -0.15) is 0 Å². The topological polar surface area (TPSA) is 295 Å². The maximum Gasteiger partial charge on any atom is 0.697 e. The number of aromatic nitrogens is 6. The highest BCUT2D eigenvalue weighted by Crippen LogP contribution is 2.48. The molecule has 0 radical (unpaired) electrons. The number of hydrogen-bond donors (Lipinski definition) is 7. The van der Waals surface area contributed by atoms with Gasteiger partial charge in [-0.25, -0.2) is 28.7 Å². The van der Waals surface area contributed by atoms with Crippen LogP contribution < -0.4 is 29.6 Å². The highest BCUT2D eigenvalue weighted by molar-refractivity contribution is 8.13. The van der Waals surface area contributed by atoms with Crippen molar-refractivity contribution in [1.29, 1.82) is 0 Å². The Morgan fingerprint density at radius 3 is 1.28 bits per heavy atom. The van der Waals surface area contributed by atoms with Gasteiger partial charge in [0.1, 0.15) is 107 Å². The first-order valence-electron chi connectivity index (χ1n) is 32.4. The fourth-order valence-electron chi connectivity index (χ4n) is 12.7. The van der Waals surface area contributed by atoms with E-state index in [0.29, 0.717) is 29.4 Å². The molecule has 27 heteroatoms. The number of thioether (sulfide) groups is 1. The number of benzene rings is 6.